The minimum absolute atomic E-state index is 0.104. The number of ketones is 1. The highest BCUT2D eigenvalue weighted by atomic mass is 16.1. The van der Waals surface area contributed by atoms with Crippen molar-refractivity contribution in [1.29, 1.82) is 0 Å². The lowest BCUT2D eigenvalue weighted by Gasteiger charge is -2.15. The molecule has 1 heterocycles. The van der Waals surface area contributed by atoms with Crippen LogP contribution in [-0.2, 0) is 11.3 Å². The van der Waals surface area contributed by atoms with Crippen molar-refractivity contribution in [3.63, 3.8) is 0 Å². The van der Waals surface area contributed by atoms with Gasteiger partial charge in [-0.05, 0) is 36.4 Å². The van der Waals surface area contributed by atoms with Crippen molar-refractivity contribution in [3.05, 3.63) is 90.3 Å². The first-order valence-corrected chi connectivity index (χ1v) is 9.03. The summed E-state index contributed by atoms with van der Waals surface area (Å²) in [4.78, 5) is 16.8. The van der Waals surface area contributed by atoms with Gasteiger partial charge >= 0.3 is 0 Å². The minimum atomic E-state index is -0.104. The first-order valence-electron chi connectivity index (χ1n) is 9.03. The number of aromatic nitrogens is 1. The van der Waals surface area contributed by atoms with Gasteiger partial charge in [0.25, 0.3) is 0 Å². The normalized spacial score (nSPS) is 10.9. The molecule has 0 fully saturated rings. The number of Topliss-reactive ketones (excluding diaryl/α,β-unsaturated/α-hetero) is 1. The van der Waals surface area contributed by atoms with E-state index in [1.807, 2.05) is 60.7 Å². The first-order chi connectivity index (χ1) is 13.5. The summed E-state index contributed by atoms with van der Waals surface area (Å²) >= 11 is 0. The van der Waals surface area contributed by atoms with Crippen molar-refractivity contribution in [1.82, 2.24) is 4.98 Å². The smallest absolute Gasteiger partial charge is 0.159 e. The monoisotopic (exact) mass is 369 g/mol. The van der Waals surface area contributed by atoms with Crippen LogP contribution in [0.1, 0.15) is 23.7 Å². The van der Waals surface area contributed by atoms with E-state index < -0.39 is 0 Å². The summed E-state index contributed by atoms with van der Waals surface area (Å²) in [5.41, 5.74) is 17.8. The molecular weight excluding hydrogens is 346 g/mol. The van der Waals surface area contributed by atoms with E-state index in [0.29, 0.717) is 23.4 Å². The third-order valence-electron chi connectivity index (χ3n) is 4.60. The number of pyridine rings is 1. The molecule has 28 heavy (non-hydrogen) atoms. The molecule has 0 aliphatic rings. The van der Waals surface area contributed by atoms with Crippen molar-refractivity contribution in [2.75, 3.05) is 0 Å². The Bertz CT molecular complexity index is 1040. The van der Waals surface area contributed by atoms with Crippen molar-refractivity contribution < 1.29 is 4.79 Å². The fourth-order valence-corrected chi connectivity index (χ4v) is 3.03. The molecule has 0 spiro atoms. The van der Waals surface area contributed by atoms with E-state index in [9.17, 15) is 4.79 Å². The van der Waals surface area contributed by atoms with Crippen LogP contribution in [0.3, 0.4) is 0 Å². The van der Waals surface area contributed by atoms with E-state index in [2.05, 4.69) is 6.58 Å². The molecular formula is C24H23N3O. The molecule has 0 saturated carbocycles. The van der Waals surface area contributed by atoms with Gasteiger partial charge in [-0.1, -0.05) is 61.2 Å². The van der Waals surface area contributed by atoms with Crippen LogP contribution in [0.15, 0.2) is 73.4 Å². The highest BCUT2D eigenvalue weighted by molar-refractivity contribution is 6.19. The zero-order chi connectivity index (χ0) is 20.1. The summed E-state index contributed by atoms with van der Waals surface area (Å²) < 4.78 is 0. The average molecular weight is 369 g/mol. The number of nitrogens with zero attached hydrogens (tertiary/aromatic N) is 1. The predicted octanol–water partition coefficient (Wildman–Crippen LogP) is 4.41. The Morgan fingerprint density at radius 1 is 1.07 bits per heavy atom. The van der Waals surface area contributed by atoms with Crippen molar-refractivity contribution in [2.45, 2.75) is 13.5 Å². The topological polar surface area (TPSA) is 82.0 Å². The minimum Gasteiger partial charge on any atom is -0.405 e. The Hall–Kier alpha value is -3.50. The zero-order valence-electron chi connectivity index (χ0n) is 15.9. The maximum absolute atomic E-state index is 12.0. The Balaban J connectivity index is 2.30. The highest BCUT2D eigenvalue weighted by Gasteiger charge is 2.17. The number of nitrogens with two attached hydrogens (primary N) is 2. The van der Waals surface area contributed by atoms with Crippen molar-refractivity contribution in [2.24, 2.45) is 11.5 Å². The van der Waals surface area contributed by atoms with E-state index in [1.54, 1.807) is 6.08 Å². The second kappa shape index (κ2) is 8.46. The zero-order valence-corrected chi connectivity index (χ0v) is 15.9. The van der Waals surface area contributed by atoms with Crippen LogP contribution in [0.2, 0.25) is 0 Å². The van der Waals surface area contributed by atoms with Crippen LogP contribution in [0.25, 0.3) is 34.0 Å². The summed E-state index contributed by atoms with van der Waals surface area (Å²) in [6, 6.07) is 19.9. The fraction of sp³-hybridized carbons (Fsp3) is 0.0833. The summed E-state index contributed by atoms with van der Waals surface area (Å²) in [6.07, 6.45) is 3.11. The van der Waals surface area contributed by atoms with E-state index in [0.717, 1.165) is 27.9 Å². The van der Waals surface area contributed by atoms with Gasteiger partial charge in [-0.3, -0.25) is 4.79 Å². The van der Waals surface area contributed by atoms with Gasteiger partial charge in [0.2, 0.25) is 0 Å². The number of benzene rings is 2. The van der Waals surface area contributed by atoms with Crippen LogP contribution in [0.5, 0.6) is 0 Å². The molecule has 0 aliphatic heterocycles. The second-order valence-electron chi connectivity index (χ2n) is 6.48. The summed E-state index contributed by atoms with van der Waals surface area (Å²) in [5, 5.41) is 0. The Morgan fingerprint density at radius 3 is 2.32 bits per heavy atom. The summed E-state index contributed by atoms with van der Waals surface area (Å²) in [7, 11) is 0. The first kappa shape index (κ1) is 19.3. The lowest BCUT2D eigenvalue weighted by molar-refractivity contribution is -0.111. The molecule has 3 rings (SSSR count). The summed E-state index contributed by atoms with van der Waals surface area (Å²) in [6.45, 7) is 5.93. The molecule has 4 N–H and O–H groups in total. The van der Waals surface area contributed by atoms with Gasteiger partial charge in [0.05, 0.1) is 11.4 Å². The Kier molecular flexibility index (Phi) is 5.82. The van der Waals surface area contributed by atoms with Crippen molar-refractivity contribution in [3.8, 4) is 22.4 Å². The van der Waals surface area contributed by atoms with Gasteiger partial charge in [-0.2, -0.15) is 0 Å². The molecule has 0 aliphatic carbocycles. The largest absolute Gasteiger partial charge is 0.405 e. The Morgan fingerprint density at radius 2 is 1.75 bits per heavy atom. The maximum atomic E-state index is 12.0. The van der Waals surface area contributed by atoms with E-state index in [1.165, 1.54) is 13.1 Å². The number of carbonyl (C=O) groups excluding carboxylic acids is 1. The molecule has 4 heteroatoms. The predicted molar refractivity (Wildman–Crippen MR) is 116 cm³/mol. The van der Waals surface area contributed by atoms with Crippen molar-refractivity contribution >= 4 is 17.4 Å². The SMILES string of the molecule is C=C(C(C)=O)c1cc(-c2ccccc2)c(-c2ccc(CN)cc2)nc1/C=C\N. The molecule has 0 unspecified atom stereocenters. The summed E-state index contributed by atoms with van der Waals surface area (Å²) in [5.74, 6) is -0.104. The van der Waals surface area contributed by atoms with Gasteiger partial charge < -0.3 is 11.5 Å². The lowest BCUT2D eigenvalue weighted by Crippen LogP contribution is -2.03. The van der Waals surface area contributed by atoms with Crippen LogP contribution in [-0.4, -0.2) is 10.8 Å². The lowest BCUT2D eigenvalue weighted by atomic mass is 9.93. The van der Waals surface area contributed by atoms with E-state index >= 15 is 0 Å². The van der Waals surface area contributed by atoms with Gasteiger partial charge in [-0.25, -0.2) is 4.98 Å². The van der Waals surface area contributed by atoms with E-state index in [4.69, 9.17) is 16.5 Å². The second-order valence-corrected chi connectivity index (χ2v) is 6.48. The average Bonchev–Trinajstić information content (AvgIpc) is 2.74. The number of allylic oxidation sites excluding steroid dienone is 1. The highest BCUT2D eigenvalue weighted by Crippen LogP contribution is 2.34. The molecule has 0 atom stereocenters. The molecule has 1 aromatic heterocycles. The van der Waals surface area contributed by atoms with Crippen LogP contribution in [0, 0.1) is 0 Å². The molecule has 140 valence electrons. The quantitative estimate of drug-likeness (QED) is 0.631. The van der Waals surface area contributed by atoms with Gasteiger partial charge in [0.15, 0.2) is 5.78 Å². The van der Waals surface area contributed by atoms with Crippen LogP contribution < -0.4 is 11.5 Å². The molecule has 0 amide bonds. The number of hydrogen-bond acceptors (Lipinski definition) is 4. The van der Waals surface area contributed by atoms with Crippen LogP contribution in [0.4, 0.5) is 0 Å². The van der Waals surface area contributed by atoms with Gasteiger partial charge in [0, 0.05) is 28.8 Å². The standard InChI is InChI=1S/C24H23N3O/c1-16(17(2)28)21-14-22(19-6-4-3-5-7-19)24(27-23(21)12-13-25)20-10-8-18(15-26)9-11-20/h3-14H,1,15,25-26H2,2H3/b13-12-. The third kappa shape index (κ3) is 3.92. The number of rotatable bonds is 6. The van der Waals surface area contributed by atoms with E-state index in [-0.39, 0.29) is 5.78 Å². The molecule has 0 bridgehead atoms. The molecule has 2 aromatic carbocycles. The number of hydrogen-bond donors (Lipinski definition) is 2. The number of carbonyl (C=O) groups is 1. The fourth-order valence-electron chi connectivity index (χ4n) is 3.03. The van der Waals surface area contributed by atoms with Crippen LogP contribution >= 0.6 is 0 Å². The molecule has 4 nitrogen and oxygen atoms in total. The Labute approximate surface area is 165 Å². The molecule has 0 radical (unpaired) electrons. The van der Waals surface area contributed by atoms with Gasteiger partial charge in [-0.15, -0.1) is 0 Å². The maximum Gasteiger partial charge on any atom is 0.159 e. The molecule has 0 saturated heterocycles. The van der Waals surface area contributed by atoms with Gasteiger partial charge in [0.1, 0.15) is 0 Å². The molecule has 3 aromatic rings. The third-order valence-corrected chi connectivity index (χ3v) is 4.60.